The van der Waals surface area contributed by atoms with Crippen molar-refractivity contribution in [3.8, 4) is 0 Å². The number of nitrogens with zero attached hydrogens (tertiary/aromatic N) is 2. The number of amides is 1. The maximum atomic E-state index is 13.8. The second-order valence-electron chi connectivity index (χ2n) is 4.35. The van der Waals surface area contributed by atoms with Crippen LogP contribution in [0.1, 0.15) is 10.4 Å². The molecule has 0 aliphatic carbocycles. The van der Waals surface area contributed by atoms with Crippen molar-refractivity contribution in [1.82, 2.24) is 4.90 Å². The molecule has 1 aliphatic rings. The van der Waals surface area contributed by atoms with Crippen molar-refractivity contribution < 1.29 is 28.7 Å². The van der Waals surface area contributed by atoms with E-state index in [-0.39, 0.29) is 19.8 Å². The number of carboxylic acids is 1. The van der Waals surface area contributed by atoms with Crippen molar-refractivity contribution in [3.63, 3.8) is 0 Å². The van der Waals surface area contributed by atoms with Crippen LogP contribution >= 0.6 is 0 Å². The Morgan fingerprint density at radius 2 is 2.19 bits per heavy atom. The van der Waals surface area contributed by atoms with Crippen LogP contribution in [0.25, 0.3) is 0 Å². The number of carbonyl (C=O) groups excluding carboxylic acids is 1. The molecule has 2 rings (SSSR count). The first-order valence-electron chi connectivity index (χ1n) is 5.97. The van der Waals surface area contributed by atoms with Gasteiger partial charge in [-0.2, -0.15) is 0 Å². The van der Waals surface area contributed by atoms with Crippen LogP contribution in [0.2, 0.25) is 0 Å². The van der Waals surface area contributed by atoms with E-state index >= 15 is 0 Å². The Morgan fingerprint density at radius 1 is 1.48 bits per heavy atom. The summed E-state index contributed by atoms with van der Waals surface area (Å²) in [5, 5.41) is 19.6. The topological polar surface area (TPSA) is 110 Å². The van der Waals surface area contributed by atoms with Gasteiger partial charge >= 0.3 is 5.97 Å². The molecule has 1 fully saturated rings. The molecule has 8 nitrogen and oxygen atoms in total. The zero-order valence-electron chi connectivity index (χ0n) is 10.7. The van der Waals surface area contributed by atoms with Crippen molar-refractivity contribution in [2.45, 2.75) is 6.04 Å². The van der Waals surface area contributed by atoms with E-state index in [1.54, 1.807) is 0 Å². The number of benzene rings is 1. The van der Waals surface area contributed by atoms with Crippen LogP contribution in [0.4, 0.5) is 10.1 Å². The zero-order valence-corrected chi connectivity index (χ0v) is 10.7. The van der Waals surface area contributed by atoms with Gasteiger partial charge < -0.3 is 14.7 Å². The van der Waals surface area contributed by atoms with Gasteiger partial charge in [0.15, 0.2) is 6.04 Å². The minimum Gasteiger partial charge on any atom is -0.480 e. The average Bonchev–Trinajstić information content (AvgIpc) is 2.46. The highest BCUT2D eigenvalue weighted by Crippen LogP contribution is 2.20. The number of ether oxygens (including phenoxy) is 1. The summed E-state index contributed by atoms with van der Waals surface area (Å²) in [5.74, 6) is -3.16. The van der Waals surface area contributed by atoms with Gasteiger partial charge in [0.1, 0.15) is 5.82 Å². The predicted octanol–water partition coefficient (Wildman–Crippen LogP) is 0.659. The number of non-ortho nitro benzene ring substituents is 1. The molecular weight excluding hydrogens is 287 g/mol. The number of hydrogen-bond acceptors (Lipinski definition) is 5. The van der Waals surface area contributed by atoms with Gasteiger partial charge in [0.2, 0.25) is 0 Å². The Morgan fingerprint density at radius 3 is 2.76 bits per heavy atom. The average molecular weight is 298 g/mol. The number of carbonyl (C=O) groups is 2. The van der Waals surface area contributed by atoms with Crippen molar-refractivity contribution in [3.05, 3.63) is 39.7 Å². The molecule has 1 unspecified atom stereocenters. The van der Waals surface area contributed by atoms with Crippen molar-refractivity contribution in [2.24, 2.45) is 0 Å². The quantitative estimate of drug-likeness (QED) is 0.648. The van der Waals surface area contributed by atoms with Crippen LogP contribution in [-0.4, -0.2) is 52.6 Å². The maximum absolute atomic E-state index is 13.8. The molecule has 1 amide bonds. The van der Waals surface area contributed by atoms with Crippen LogP contribution < -0.4 is 0 Å². The van der Waals surface area contributed by atoms with Crippen LogP contribution in [0.15, 0.2) is 18.2 Å². The van der Waals surface area contributed by atoms with E-state index in [0.717, 1.165) is 17.0 Å². The summed E-state index contributed by atoms with van der Waals surface area (Å²) in [4.78, 5) is 34.0. The molecule has 0 saturated carbocycles. The van der Waals surface area contributed by atoms with Gasteiger partial charge in [-0.1, -0.05) is 0 Å². The third-order valence-corrected chi connectivity index (χ3v) is 3.07. The number of nitro groups is 1. The van der Waals surface area contributed by atoms with E-state index in [1.165, 1.54) is 0 Å². The highest BCUT2D eigenvalue weighted by molar-refractivity contribution is 5.97. The molecule has 1 saturated heterocycles. The molecule has 112 valence electrons. The molecule has 0 aromatic heterocycles. The molecule has 1 aromatic carbocycles. The summed E-state index contributed by atoms with van der Waals surface area (Å²) in [6.07, 6.45) is 0. The summed E-state index contributed by atoms with van der Waals surface area (Å²) in [7, 11) is 0. The summed E-state index contributed by atoms with van der Waals surface area (Å²) >= 11 is 0. The highest BCUT2D eigenvalue weighted by Gasteiger charge is 2.34. The predicted molar refractivity (Wildman–Crippen MR) is 66.3 cm³/mol. The highest BCUT2D eigenvalue weighted by atomic mass is 19.1. The molecule has 1 heterocycles. The van der Waals surface area contributed by atoms with Gasteiger partial charge in [-0.25, -0.2) is 9.18 Å². The smallest absolute Gasteiger partial charge is 0.328 e. The Kier molecular flexibility index (Phi) is 4.13. The number of carboxylic acid groups (broad SMARTS) is 1. The van der Waals surface area contributed by atoms with Crippen LogP contribution in [0.5, 0.6) is 0 Å². The molecule has 0 radical (unpaired) electrons. The standard InChI is InChI=1S/C12H11FN2O6/c13-9-5-7(15(19)20)1-2-8(9)11(16)14-3-4-21-6-10(14)12(17)18/h1-2,5,10H,3-4,6H2,(H,17,18). The lowest BCUT2D eigenvalue weighted by Gasteiger charge is -2.32. The second kappa shape index (κ2) is 5.83. The minimum absolute atomic E-state index is 0.00618. The van der Waals surface area contributed by atoms with Crippen molar-refractivity contribution in [2.75, 3.05) is 19.8 Å². The molecular formula is C12H11FN2O6. The lowest BCUT2D eigenvalue weighted by Crippen LogP contribution is -2.52. The van der Waals surface area contributed by atoms with Crippen molar-refractivity contribution in [1.29, 1.82) is 0 Å². The van der Waals surface area contributed by atoms with Crippen LogP contribution in [0.3, 0.4) is 0 Å². The lowest BCUT2D eigenvalue weighted by molar-refractivity contribution is -0.385. The number of aliphatic carboxylic acids is 1. The van der Waals surface area contributed by atoms with E-state index in [2.05, 4.69) is 0 Å². The fourth-order valence-electron chi connectivity index (χ4n) is 2.00. The number of nitro benzene ring substituents is 1. The fraction of sp³-hybridized carbons (Fsp3) is 0.333. The number of halogens is 1. The largest absolute Gasteiger partial charge is 0.480 e. The molecule has 1 atom stereocenters. The number of morpholine rings is 1. The molecule has 0 spiro atoms. The zero-order chi connectivity index (χ0) is 15.6. The van der Waals surface area contributed by atoms with E-state index in [9.17, 15) is 24.1 Å². The van der Waals surface area contributed by atoms with Crippen LogP contribution in [0, 0.1) is 15.9 Å². The van der Waals surface area contributed by atoms with E-state index in [4.69, 9.17) is 9.84 Å². The Balaban J connectivity index is 2.30. The monoisotopic (exact) mass is 298 g/mol. The Labute approximate surface area is 117 Å². The summed E-state index contributed by atoms with van der Waals surface area (Å²) < 4.78 is 18.8. The molecule has 1 aromatic rings. The second-order valence-corrected chi connectivity index (χ2v) is 4.35. The van der Waals surface area contributed by atoms with E-state index < -0.39 is 39.9 Å². The first-order valence-corrected chi connectivity index (χ1v) is 5.97. The molecule has 9 heteroatoms. The van der Waals surface area contributed by atoms with Gasteiger partial charge in [-0.15, -0.1) is 0 Å². The SMILES string of the molecule is O=C(O)C1COCCN1C(=O)c1ccc([N+](=O)[O-])cc1F. The molecule has 21 heavy (non-hydrogen) atoms. The third kappa shape index (κ3) is 2.97. The number of hydrogen-bond donors (Lipinski definition) is 1. The maximum Gasteiger partial charge on any atom is 0.328 e. The number of rotatable bonds is 3. The lowest BCUT2D eigenvalue weighted by atomic mass is 10.1. The molecule has 1 N–H and O–H groups in total. The van der Waals surface area contributed by atoms with Gasteiger partial charge in [0.25, 0.3) is 11.6 Å². The summed E-state index contributed by atoms with van der Waals surface area (Å²) in [6.45, 7) is -0.0357. The van der Waals surface area contributed by atoms with E-state index in [1.807, 2.05) is 0 Å². The Hall–Kier alpha value is -2.55. The third-order valence-electron chi connectivity index (χ3n) is 3.07. The fourth-order valence-corrected chi connectivity index (χ4v) is 2.00. The minimum atomic E-state index is -1.26. The first kappa shape index (κ1) is 14.9. The van der Waals surface area contributed by atoms with Crippen LogP contribution in [-0.2, 0) is 9.53 Å². The summed E-state index contributed by atoms with van der Waals surface area (Å²) in [5.41, 5.74) is -0.894. The van der Waals surface area contributed by atoms with Gasteiger partial charge in [0.05, 0.1) is 29.8 Å². The first-order chi connectivity index (χ1) is 9.91. The van der Waals surface area contributed by atoms with Crippen molar-refractivity contribution >= 4 is 17.6 Å². The van der Waals surface area contributed by atoms with Gasteiger partial charge in [0, 0.05) is 12.6 Å². The normalized spacial score (nSPS) is 18.3. The molecule has 0 bridgehead atoms. The van der Waals surface area contributed by atoms with E-state index in [0.29, 0.717) is 6.07 Å². The Bertz CT molecular complexity index is 605. The van der Waals surface area contributed by atoms with Gasteiger partial charge in [-0.05, 0) is 6.07 Å². The molecule has 1 aliphatic heterocycles. The summed E-state index contributed by atoms with van der Waals surface area (Å²) in [6, 6.07) is 1.39. The van der Waals surface area contributed by atoms with Gasteiger partial charge in [-0.3, -0.25) is 14.9 Å².